The SMILES string of the molecule is C=CC(=O)Nc1cccc(-c2ccc3cn(CC(=O)NC4CCN(C)CC4)nc3c2)c1. The molecule has 7 heteroatoms. The van der Waals surface area contributed by atoms with Gasteiger partial charge in [0.15, 0.2) is 0 Å². The van der Waals surface area contributed by atoms with Crippen molar-refractivity contribution in [2.24, 2.45) is 0 Å². The van der Waals surface area contributed by atoms with Gasteiger partial charge in [0.2, 0.25) is 11.8 Å². The highest BCUT2D eigenvalue weighted by atomic mass is 16.2. The number of anilines is 1. The van der Waals surface area contributed by atoms with E-state index in [1.165, 1.54) is 6.08 Å². The fourth-order valence-electron chi connectivity index (χ4n) is 3.87. The molecule has 0 aliphatic carbocycles. The lowest BCUT2D eigenvalue weighted by molar-refractivity contribution is -0.122. The number of carbonyl (C=O) groups is 2. The lowest BCUT2D eigenvalue weighted by Gasteiger charge is -2.29. The number of aromatic nitrogens is 2. The quantitative estimate of drug-likeness (QED) is 0.604. The van der Waals surface area contributed by atoms with Crippen molar-refractivity contribution < 1.29 is 9.59 Å². The second kappa shape index (κ2) is 9.14. The zero-order valence-electron chi connectivity index (χ0n) is 17.7. The number of likely N-dealkylation sites (tertiary alicyclic amines) is 1. The summed E-state index contributed by atoms with van der Waals surface area (Å²) in [4.78, 5) is 26.3. The first-order chi connectivity index (χ1) is 15.0. The molecule has 1 aromatic heterocycles. The number of hydrogen-bond donors (Lipinski definition) is 2. The van der Waals surface area contributed by atoms with Crippen molar-refractivity contribution in [1.29, 1.82) is 0 Å². The topological polar surface area (TPSA) is 79.3 Å². The maximum Gasteiger partial charge on any atom is 0.247 e. The summed E-state index contributed by atoms with van der Waals surface area (Å²) in [5.74, 6) is -0.252. The van der Waals surface area contributed by atoms with Gasteiger partial charge in [-0.25, -0.2) is 0 Å². The Balaban J connectivity index is 1.46. The largest absolute Gasteiger partial charge is 0.352 e. The van der Waals surface area contributed by atoms with Crippen LogP contribution in [0.1, 0.15) is 12.8 Å². The Morgan fingerprint density at radius 3 is 2.71 bits per heavy atom. The average molecular weight is 418 g/mol. The minimum atomic E-state index is -0.245. The van der Waals surface area contributed by atoms with Gasteiger partial charge in [-0.2, -0.15) is 5.10 Å². The third kappa shape index (κ3) is 5.19. The standard InChI is InChI=1S/C24H27N5O2/c1-3-23(30)26-21-6-4-5-17(13-21)18-7-8-19-15-29(27-22(19)14-18)16-24(31)25-20-9-11-28(2)12-10-20/h3-8,13-15,20H,1,9-12,16H2,2H3,(H,25,31)(H,26,30). The van der Waals surface area contributed by atoms with Gasteiger partial charge in [-0.05, 0) is 68.4 Å². The van der Waals surface area contributed by atoms with Crippen molar-refractivity contribution in [3.8, 4) is 11.1 Å². The molecule has 4 rings (SSSR count). The average Bonchev–Trinajstić information content (AvgIpc) is 3.16. The van der Waals surface area contributed by atoms with Crippen LogP contribution in [0.3, 0.4) is 0 Å². The van der Waals surface area contributed by atoms with Crippen LogP contribution in [0.15, 0.2) is 61.3 Å². The maximum absolute atomic E-state index is 12.5. The molecule has 7 nitrogen and oxygen atoms in total. The van der Waals surface area contributed by atoms with Crippen LogP contribution < -0.4 is 10.6 Å². The van der Waals surface area contributed by atoms with Gasteiger partial charge in [-0.15, -0.1) is 0 Å². The smallest absolute Gasteiger partial charge is 0.247 e. The van der Waals surface area contributed by atoms with E-state index in [9.17, 15) is 9.59 Å². The van der Waals surface area contributed by atoms with Gasteiger partial charge >= 0.3 is 0 Å². The molecule has 1 aliphatic rings. The second-order valence-corrected chi connectivity index (χ2v) is 8.02. The summed E-state index contributed by atoms with van der Waals surface area (Å²) in [6.45, 7) is 5.71. The van der Waals surface area contributed by atoms with E-state index >= 15 is 0 Å². The summed E-state index contributed by atoms with van der Waals surface area (Å²) in [6.07, 6.45) is 5.11. The molecule has 31 heavy (non-hydrogen) atoms. The Morgan fingerprint density at radius 1 is 1.16 bits per heavy atom. The lowest BCUT2D eigenvalue weighted by Crippen LogP contribution is -2.44. The minimum Gasteiger partial charge on any atom is -0.352 e. The highest BCUT2D eigenvalue weighted by molar-refractivity contribution is 5.99. The molecule has 1 aliphatic heterocycles. The number of nitrogens with zero attached hydrogens (tertiary/aromatic N) is 3. The minimum absolute atomic E-state index is 0.00626. The van der Waals surface area contributed by atoms with Crippen LogP contribution in [0.5, 0.6) is 0 Å². The summed E-state index contributed by atoms with van der Waals surface area (Å²) in [5.41, 5.74) is 3.49. The van der Waals surface area contributed by atoms with Crippen molar-refractivity contribution >= 4 is 28.4 Å². The highest BCUT2D eigenvalue weighted by Crippen LogP contribution is 2.26. The van der Waals surface area contributed by atoms with Crippen LogP contribution in [0.2, 0.25) is 0 Å². The summed E-state index contributed by atoms with van der Waals surface area (Å²) < 4.78 is 1.69. The Bertz CT molecular complexity index is 1110. The van der Waals surface area contributed by atoms with Gasteiger partial charge in [0, 0.05) is 23.3 Å². The Kier molecular flexibility index (Phi) is 6.13. The van der Waals surface area contributed by atoms with Gasteiger partial charge in [0.05, 0.1) is 5.52 Å². The number of amides is 2. The number of rotatable bonds is 6. The number of benzene rings is 2. The lowest BCUT2D eigenvalue weighted by atomic mass is 10.0. The predicted molar refractivity (Wildman–Crippen MR) is 123 cm³/mol. The van der Waals surface area contributed by atoms with Crippen LogP contribution in [-0.2, 0) is 16.1 Å². The number of hydrogen-bond acceptors (Lipinski definition) is 4. The molecule has 0 radical (unpaired) electrons. The molecule has 2 N–H and O–H groups in total. The van der Waals surface area contributed by atoms with E-state index in [2.05, 4.69) is 34.3 Å². The van der Waals surface area contributed by atoms with Crippen LogP contribution in [0.4, 0.5) is 5.69 Å². The zero-order valence-corrected chi connectivity index (χ0v) is 17.7. The molecule has 1 saturated heterocycles. The monoisotopic (exact) mass is 417 g/mol. The third-order valence-corrected chi connectivity index (χ3v) is 5.59. The third-order valence-electron chi connectivity index (χ3n) is 5.59. The van der Waals surface area contributed by atoms with E-state index in [-0.39, 0.29) is 24.4 Å². The highest BCUT2D eigenvalue weighted by Gasteiger charge is 2.18. The van der Waals surface area contributed by atoms with Gasteiger partial charge in [0.25, 0.3) is 0 Å². The van der Waals surface area contributed by atoms with Crippen LogP contribution >= 0.6 is 0 Å². The van der Waals surface area contributed by atoms with Gasteiger partial charge in [0.1, 0.15) is 6.54 Å². The number of piperidine rings is 1. The Hall–Kier alpha value is -3.45. The molecule has 0 bridgehead atoms. The molecule has 0 atom stereocenters. The number of fused-ring (bicyclic) bond motifs is 1. The van der Waals surface area contributed by atoms with E-state index in [1.54, 1.807) is 4.68 Å². The van der Waals surface area contributed by atoms with E-state index in [0.717, 1.165) is 48.0 Å². The molecule has 2 aromatic carbocycles. The fourth-order valence-corrected chi connectivity index (χ4v) is 3.87. The molecule has 3 aromatic rings. The molecule has 1 fully saturated rings. The molecule has 0 spiro atoms. The van der Waals surface area contributed by atoms with Crippen LogP contribution in [0, 0.1) is 0 Å². The first-order valence-electron chi connectivity index (χ1n) is 10.5. The zero-order chi connectivity index (χ0) is 21.8. The summed E-state index contributed by atoms with van der Waals surface area (Å²) in [5, 5.41) is 11.5. The molecular weight excluding hydrogens is 390 g/mol. The normalized spacial score (nSPS) is 15.0. The van der Waals surface area contributed by atoms with Crippen molar-refractivity contribution in [2.45, 2.75) is 25.4 Å². The van der Waals surface area contributed by atoms with Crippen molar-refractivity contribution in [2.75, 3.05) is 25.5 Å². The molecule has 160 valence electrons. The molecule has 2 heterocycles. The van der Waals surface area contributed by atoms with Gasteiger partial charge in [-0.3, -0.25) is 14.3 Å². The summed E-state index contributed by atoms with van der Waals surface area (Å²) >= 11 is 0. The van der Waals surface area contributed by atoms with E-state index < -0.39 is 0 Å². The number of carbonyl (C=O) groups excluding carboxylic acids is 2. The first-order valence-corrected chi connectivity index (χ1v) is 10.5. The summed E-state index contributed by atoms with van der Waals surface area (Å²) in [7, 11) is 2.11. The molecule has 2 amide bonds. The summed E-state index contributed by atoms with van der Waals surface area (Å²) in [6, 6.07) is 13.9. The maximum atomic E-state index is 12.5. The van der Waals surface area contributed by atoms with E-state index in [1.807, 2.05) is 48.7 Å². The molecule has 0 saturated carbocycles. The second-order valence-electron chi connectivity index (χ2n) is 8.02. The molecule has 0 unspecified atom stereocenters. The predicted octanol–water partition coefficient (Wildman–Crippen LogP) is 3.04. The van der Waals surface area contributed by atoms with E-state index in [4.69, 9.17) is 0 Å². The Labute approximate surface area is 181 Å². The number of nitrogens with one attached hydrogen (secondary N) is 2. The van der Waals surface area contributed by atoms with Crippen LogP contribution in [0.25, 0.3) is 22.0 Å². The van der Waals surface area contributed by atoms with Crippen LogP contribution in [-0.4, -0.2) is 52.7 Å². The van der Waals surface area contributed by atoms with Crippen molar-refractivity contribution in [1.82, 2.24) is 20.0 Å². The fraction of sp³-hybridized carbons (Fsp3) is 0.292. The first kappa shape index (κ1) is 20.8. The van der Waals surface area contributed by atoms with Gasteiger partial charge < -0.3 is 15.5 Å². The Morgan fingerprint density at radius 2 is 1.94 bits per heavy atom. The van der Waals surface area contributed by atoms with Gasteiger partial charge in [-0.1, -0.05) is 30.8 Å². The molecular formula is C24H27N5O2. The van der Waals surface area contributed by atoms with Crippen molar-refractivity contribution in [3.05, 3.63) is 61.3 Å². The van der Waals surface area contributed by atoms with E-state index in [0.29, 0.717) is 5.69 Å². The van der Waals surface area contributed by atoms with Crippen molar-refractivity contribution in [3.63, 3.8) is 0 Å².